The molecule has 1 aliphatic rings. The van der Waals surface area contributed by atoms with E-state index in [9.17, 15) is 4.79 Å². The van der Waals surface area contributed by atoms with Crippen molar-refractivity contribution in [2.75, 3.05) is 12.0 Å². The minimum absolute atomic E-state index is 0.222. The molecule has 0 saturated carbocycles. The van der Waals surface area contributed by atoms with Gasteiger partial charge in [-0.15, -0.1) is 0 Å². The molecule has 5 rings (SSSR count). The first-order valence-electron chi connectivity index (χ1n) is 10.6. The summed E-state index contributed by atoms with van der Waals surface area (Å²) < 4.78 is 11.7. The van der Waals surface area contributed by atoms with Crippen molar-refractivity contribution < 1.29 is 19.1 Å². The first kappa shape index (κ1) is 21.7. The van der Waals surface area contributed by atoms with E-state index < -0.39 is 5.97 Å². The number of thiocarbonyl (C=S) groups is 1. The molecule has 34 heavy (non-hydrogen) atoms. The van der Waals surface area contributed by atoms with Crippen LogP contribution in [0.25, 0.3) is 11.3 Å². The maximum Gasteiger partial charge on any atom is 0.335 e. The summed E-state index contributed by atoms with van der Waals surface area (Å²) in [7, 11) is 1.63. The van der Waals surface area contributed by atoms with E-state index in [0.717, 1.165) is 22.7 Å². The Kier molecular flexibility index (Phi) is 5.73. The molecule has 0 bridgehead atoms. The molecule has 0 spiro atoms. The molecule has 2 atom stereocenters. The van der Waals surface area contributed by atoms with Crippen LogP contribution in [0.3, 0.4) is 0 Å². The molecule has 7 nitrogen and oxygen atoms in total. The van der Waals surface area contributed by atoms with Crippen LogP contribution in [-0.2, 0) is 0 Å². The van der Waals surface area contributed by atoms with E-state index in [4.69, 9.17) is 26.5 Å². The zero-order valence-corrected chi connectivity index (χ0v) is 19.0. The largest absolute Gasteiger partial charge is 0.497 e. The van der Waals surface area contributed by atoms with Gasteiger partial charge in [0.2, 0.25) is 0 Å². The molecular weight excluding hydrogens is 450 g/mol. The highest BCUT2D eigenvalue weighted by molar-refractivity contribution is 7.80. The SMILES string of the molecule is COc1cccc(N2C(=S)N[C@@H](c3ccccn3)[C@H]2c2ccc(-c3ccc(C(=O)O)cc3)o2)c1. The normalized spacial score (nSPS) is 17.4. The van der Waals surface area contributed by atoms with Crippen molar-refractivity contribution in [2.45, 2.75) is 12.1 Å². The number of aromatic carboxylic acids is 1. The lowest BCUT2D eigenvalue weighted by Gasteiger charge is -2.26. The third kappa shape index (κ3) is 3.99. The maximum absolute atomic E-state index is 11.2. The molecule has 0 amide bonds. The summed E-state index contributed by atoms with van der Waals surface area (Å²) in [6.07, 6.45) is 1.75. The molecular formula is C26H21N3O4S. The lowest BCUT2D eigenvalue weighted by Crippen LogP contribution is -2.29. The van der Waals surface area contributed by atoms with Crippen molar-refractivity contribution in [1.29, 1.82) is 0 Å². The summed E-state index contributed by atoms with van der Waals surface area (Å²) >= 11 is 5.74. The second-order valence-electron chi connectivity index (χ2n) is 7.78. The average Bonchev–Trinajstić information content (AvgIpc) is 3.49. The van der Waals surface area contributed by atoms with Gasteiger partial charge in [0.25, 0.3) is 0 Å². The molecule has 1 saturated heterocycles. The quantitative estimate of drug-likeness (QED) is 0.370. The van der Waals surface area contributed by atoms with Gasteiger partial charge in [-0.3, -0.25) is 4.98 Å². The van der Waals surface area contributed by atoms with Gasteiger partial charge in [-0.05, 0) is 60.7 Å². The average molecular weight is 472 g/mol. The van der Waals surface area contributed by atoms with E-state index in [2.05, 4.69) is 10.3 Å². The van der Waals surface area contributed by atoms with Gasteiger partial charge in [-0.25, -0.2) is 4.79 Å². The van der Waals surface area contributed by atoms with Crippen molar-refractivity contribution in [3.8, 4) is 17.1 Å². The Morgan fingerprint density at radius 2 is 1.91 bits per heavy atom. The van der Waals surface area contributed by atoms with E-state index in [-0.39, 0.29) is 17.6 Å². The van der Waals surface area contributed by atoms with Crippen LogP contribution in [0.4, 0.5) is 5.69 Å². The minimum Gasteiger partial charge on any atom is -0.497 e. The van der Waals surface area contributed by atoms with Crippen LogP contribution in [0.15, 0.2) is 89.5 Å². The number of carbonyl (C=O) groups is 1. The first-order chi connectivity index (χ1) is 16.5. The number of ether oxygens (including phenoxy) is 1. The Hall–Kier alpha value is -4.17. The Labute approximate surface area is 201 Å². The molecule has 3 heterocycles. The predicted octanol–water partition coefficient (Wildman–Crippen LogP) is 5.23. The molecule has 170 valence electrons. The summed E-state index contributed by atoms with van der Waals surface area (Å²) in [6, 6.07) is 23.3. The molecule has 2 aromatic heterocycles. The fourth-order valence-electron chi connectivity index (χ4n) is 4.13. The summed E-state index contributed by atoms with van der Waals surface area (Å²) in [5.41, 5.74) is 2.71. The number of aromatic nitrogens is 1. The summed E-state index contributed by atoms with van der Waals surface area (Å²) in [6.45, 7) is 0. The van der Waals surface area contributed by atoms with Crippen molar-refractivity contribution in [3.63, 3.8) is 0 Å². The van der Waals surface area contributed by atoms with Crippen molar-refractivity contribution >= 4 is 29.0 Å². The van der Waals surface area contributed by atoms with Gasteiger partial charge < -0.3 is 24.5 Å². The number of carboxylic acid groups (broad SMARTS) is 1. The van der Waals surface area contributed by atoms with Crippen molar-refractivity contribution in [2.24, 2.45) is 0 Å². The highest BCUT2D eigenvalue weighted by Crippen LogP contribution is 2.43. The second kappa shape index (κ2) is 8.99. The Bertz CT molecular complexity index is 1340. The monoisotopic (exact) mass is 471 g/mol. The number of rotatable bonds is 6. The van der Waals surface area contributed by atoms with Crippen molar-refractivity contribution in [1.82, 2.24) is 10.3 Å². The van der Waals surface area contributed by atoms with Crippen LogP contribution >= 0.6 is 12.2 Å². The first-order valence-corrected chi connectivity index (χ1v) is 11.0. The standard InChI is InChI=1S/C26H21N3O4S/c1-32-19-6-4-5-18(15-19)29-24(23(28-26(29)34)20-7-2-3-14-27-20)22-13-12-21(33-22)16-8-10-17(11-9-16)25(30)31/h2-15,23-24H,1H3,(H,28,34)(H,30,31)/t23-,24+/m0/s1. The van der Waals surface area contributed by atoms with E-state index in [0.29, 0.717) is 16.6 Å². The molecule has 4 aromatic rings. The number of methoxy groups -OCH3 is 1. The maximum atomic E-state index is 11.2. The fraction of sp³-hybridized carbons (Fsp3) is 0.115. The molecule has 1 aliphatic heterocycles. The number of furan rings is 1. The number of hydrogen-bond donors (Lipinski definition) is 2. The van der Waals surface area contributed by atoms with E-state index in [1.165, 1.54) is 0 Å². The number of nitrogens with zero attached hydrogens (tertiary/aromatic N) is 2. The Balaban J connectivity index is 1.57. The highest BCUT2D eigenvalue weighted by atomic mass is 32.1. The number of nitrogens with one attached hydrogen (secondary N) is 1. The molecule has 0 radical (unpaired) electrons. The summed E-state index contributed by atoms with van der Waals surface area (Å²) in [5.74, 6) is 1.08. The van der Waals surface area contributed by atoms with Crippen LogP contribution in [-0.4, -0.2) is 28.3 Å². The number of carboxylic acids is 1. The van der Waals surface area contributed by atoms with E-state index >= 15 is 0 Å². The van der Waals surface area contributed by atoms with E-state index in [1.54, 1.807) is 37.6 Å². The highest BCUT2D eigenvalue weighted by Gasteiger charge is 2.42. The number of benzene rings is 2. The molecule has 2 aromatic carbocycles. The summed E-state index contributed by atoms with van der Waals surface area (Å²) in [5, 5.41) is 13.1. The smallest absolute Gasteiger partial charge is 0.335 e. The van der Waals surface area contributed by atoms with Gasteiger partial charge in [0, 0.05) is 23.5 Å². The van der Waals surface area contributed by atoms with Gasteiger partial charge in [0.1, 0.15) is 23.3 Å². The number of pyridine rings is 1. The summed E-state index contributed by atoms with van der Waals surface area (Å²) in [4.78, 5) is 17.7. The molecule has 2 N–H and O–H groups in total. The van der Waals surface area contributed by atoms with Crippen LogP contribution in [0, 0.1) is 0 Å². The third-order valence-electron chi connectivity index (χ3n) is 5.76. The minimum atomic E-state index is -0.968. The zero-order valence-electron chi connectivity index (χ0n) is 18.2. The Morgan fingerprint density at radius 3 is 2.62 bits per heavy atom. The van der Waals surface area contributed by atoms with Crippen LogP contribution < -0.4 is 15.0 Å². The fourth-order valence-corrected chi connectivity index (χ4v) is 4.47. The van der Waals surface area contributed by atoms with E-state index in [1.807, 2.05) is 59.5 Å². The lowest BCUT2D eigenvalue weighted by molar-refractivity contribution is 0.0697. The van der Waals surface area contributed by atoms with Crippen LogP contribution in [0.2, 0.25) is 0 Å². The molecule has 0 aliphatic carbocycles. The molecule has 1 fully saturated rings. The second-order valence-corrected chi connectivity index (χ2v) is 8.17. The van der Waals surface area contributed by atoms with Gasteiger partial charge in [0.15, 0.2) is 5.11 Å². The number of hydrogen-bond acceptors (Lipinski definition) is 5. The van der Waals surface area contributed by atoms with Gasteiger partial charge in [-0.2, -0.15) is 0 Å². The van der Waals surface area contributed by atoms with Gasteiger partial charge in [-0.1, -0.05) is 24.3 Å². The van der Waals surface area contributed by atoms with Crippen LogP contribution in [0.5, 0.6) is 5.75 Å². The van der Waals surface area contributed by atoms with Gasteiger partial charge >= 0.3 is 5.97 Å². The van der Waals surface area contributed by atoms with Crippen molar-refractivity contribution in [3.05, 3.63) is 102 Å². The van der Waals surface area contributed by atoms with Gasteiger partial charge in [0.05, 0.1) is 24.4 Å². The molecule has 0 unspecified atom stereocenters. The molecule has 8 heteroatoms. The third-order valence-corrected chi connectivity index (χ3v) is 6.08. The Morgan fingerprint density at radius 1 is 1.09 bits per heavy atom. The predicted molar refractivity (Wildman–Crippen MR) is 132 cm³/mol. The number of anilines is 1. The zero-order chi connectivity index (χ0) is 23.7. The lowest BCUT2D eigenvalue weighted by atomic mass is 10.0. The topological polar surface area (TPSA) is 87.8 Å². The van der Waals surface area contributed by atoms with Crippen LogP contribution in [0.1, 0.15) is 33.9 Å².